The second-order valence-electron chi connectivity index (χ2n) is 5.83. The van der Waals surface area contributed by atoms with Crippen molar-refractivity contribution in [2.45, 2.75) is 6.54 Å². The average Bonchev–Trinajstić information content (AvgIpc) is 3.01. The zero-order chi connectivity index (χ0) is 19.6. The molecule has 0 aliphatic heterocycles. The highest BCUT2D eigenvalue weighted by Crippen LogP contribution is 2.26. The van der Waals surface area contributed by atoms with E-state index in [1.54, 1.807) is 25.2 Å². The molecule has 0 saturated heterocycles. The summed E-state index contributed by atoms with van der Waals surface area (Å²) in [6.45, 7) is 0.180. The van der Waals surface area contributed by atoms with Gasteiger partial charge in [-0.15, -0.1) is 0 Å². The predicted octanol–water partition coefficient (Wildman–Crippen LogP) is 3.96. The lowest BCUT2D eigenvalue weighted by atomic mass is 10.1. The summed E-state index contributed by atoms with van der Waals surface area (Å²) in [7, 11) is 3.12. The first-order valence-corrected chi connectivity index (χ1v) is 8.36. The summed E-state index contributed by atoms with van der Waals surface area (Å²) in [6, 6.07) is 8.20. The molecule has 0 aliphatic carbocycles. The van der Waals surface area contributed by atoms with E-state index in [2.05, 4.69) is 10.4 Å². The van der Waals surface area contributed by atoms with Crippen molar-refractivity contribution in [3.8, 4) is 17.0 Å². The van der Waals surface area contributed by atoms with Crippen molar-refractivity contribution < 1.29 is 18.3 Å². The van der Waals surface area contributed by atoms with Crippen molar-refractivity contribution in [1.29, 1.82) is 0 Å². The highest BCUT2D eigenvalue weighted by Gasteiger charge is 2.20. The summed E-state index contributed by atoms with van der Waals surface area (Å²) >= 11 is 5.93. The molecule has 0 fully saturated rings. The Kier molecular flexibility index (Phi) is 5.41. The zero-order valence-electron chi connectivity index (χ0n) is 14.6. The van der Waals surface area contributed by atoms with Gasteiger partial charge in [0.25, 0.3) is 5.91 Å². The first-order chi connectivity index (χ1) is 12.9. The number of rotatable bonds is 5. The van der Waals surface area contributed by atoms with Crippen LogP contribution in [0.2, 0.25) is 5.02 Å². The monoisotopic (exact) mass is 391 g/mol. The zero-order valence-corrected chi connectivity index (χ0v) is 15.3. The van der Waals surface area contributed by atoms with E-state index in [9.17, 15) is 13.6 Å². The second kappa shape index (κ2) is 7.75. The van der Waals surface area contributed by atoms with E-state index < -0.39 is 17.5 Å². The van der Waals surface area contributed by atoms with Crippen LogP contribution in [0.5, 0.6) is 5.75 Å². The molecule has 1 N–H and O–H groups in total. The Balaban J connectivity index is 1.86. The number of nitrogens with one attached hydrogen (secondary N) is 1. The van der Waals surface area contributed by atoms with Crippen molar-refractivity contribution >= 4 is 17.5 Å². The Labute approximate surface area is 159 Å². The minimum absolute atomic E-state index is 0.0474. The first kappa shape index (κ1) is 18.8. The number of methoxy groups -OCH3 is 1. The second-order valence-corrected chi connectivity index (χ2v) is 6.26. The Bertz CT molecular complexity index is 1000. The molecule has 0 spiro atoms. The maximum absolute atomic E-state index is 14.1. The van der Waals surface area contributed by atoms with Crippen molar-refractivity contribution in [3.63, 3.8) is 0 Å². The summed E-state index contributed by atoms with van der Waals surface area (Å²) in [5, 5.41) is 7.41. The highest BCUT2D eigenvalue weighted by atomic mass is 35.5. The number of halogens is 3. The van der Waals surface area contributed by atoms with Gasteiger partial charge in [-0.2, -0.15) is 5.10 Å². The molecule has 1 amide bonds. The maximum Gasteiger partial charge on any atom is 0.255 e. The number of carbonyl (C=O) groups excluding carboxylic acids is 1. The number of hydrogen-bond donors (Lipinski definition) is 1. The van der Waals surface area contributed by atoms with E-state index in [0.717, 1.165) is 17.7 Å². The molecule has 3 rings (SSSR count). The third kappa shape index (κ3) is 4.09. The number of hydrogen-bond acceptors (Lipinski definition) is 3. The lowest BCUT2D eigenvalue weighted by Gasteiger charge is -2.10. The van der Waals surface area contributed by atoms with E-state index in [4.69, 9.17) is 16.3 Å². The summed E-state index contributed by atoms with van der Waals surface area (Å²) in [6.07, 6.45) is 1.48. The van der Waals surface area contributed by atoms with Crippen molar-refractivity contribution in [1.82, 2.24) is 15.1 Å². The van der Waals surface area contributed by atoms with Gasteiger partial charge in [-0.25, -0.2) is 8.78 Å². The number of aromatic nitrogens is 2. The number of nitrogens with zero attached hydrogens (tertiary/aromatic N) is 2. The van der Waals surface area contributed by atoms with Crippen molar-refractivity contribution in [2.24, 2.45) is 7.05 Å². The smallest absolute Gasteiger partial charge is 0.255 e. The fraction of sp³-hybridized carbons (Fsp3) is 0.158. The number of benzene rings is 2. The first-order valence-electron chi connectivity index (χ1n) is 7.98. The third-order valence-electron chi connectivity index (χ3n) is 3.95. The lowest BCUT2D eigenvalue weighted by molar-refractivity contribution is 0.0951. The van der Waals surface area contributed by atoms with Crippen LogP contribution in [0, 0.1) is 11.6 Å². The van der Waals surface area contributed by atoms with Crippen LogP contribution in [-0.4, -0.2) is 22.8 Å². The van der Waals surface area contributed by atoms with E-state index in [0.29, 0.717) is 10.8 Å². The van der Waals surface area contributed by atoms with Crippen LogP contribution >= 0.6 is 11.6 Å². The van der Waals surface area contributed by atoms with E-state index in [1.807, 2.05) is 0 Å². The van der Waals surface area contributed by atoms with Gasteiger partial charge < -0.3 is 10.1 Å². The summed E-state index contributed by atoms with van der Waals surface area (Å²) < 4.78 is 33.9. The highest BCUT2D eigenvalue weighted by molar-refractivity contribution is 6.30. The predicted molar refractivity (Wildman–Crippen MR) is 97.7 cm³/mol. The maximum atomic E-state index is 14.1. The molecule has 1 aromatic heterocycles. The van der Waals surface area contributed by atoms with Crippen LogP contribution < -0.4 is 10.1 Å². The molecule has 0 atom stereocenters. The molecule has 5 nitrogen and oxygen atoms in total. The van der Waals surface area contributed by atoms with E-state index in [-0.39, 0.29) is 23.4 Å². The Morgan fingerprint density at radius 2 is 2.04 bits per heavy atom. The molecule has 0 unspecified atom stereocenters. The third-order valence-corrected chi connectivity index (χ3v) is 4.18. The van der Waals surface area contributed by atoms with Crippen molar-refractivity contribution in [2.75, 3.05) is 7.11 Å². The standard InChI is InChI=1S/C19H16ClF2N3O2/c1-25-10-15(18(24-25)14-6-5-13(21)8-16(14)22)19(26)23-9-11-3-4-12(20)7-17(11)27-2/h3-8,10H,9H2,1-2H3,(H,23,26). The fourth-order valence-corrected chi connectivity index (χ4v) is 2.83. The fourth-order valence-electron chi connectivity index (χ4n) is 2.67. The lowest BCUT2D eigenvalue weighted by Crippen LogP contribution is -2.23. The van der Waals surface area contributed by atoms with E-state index >= 15 is 0 Å². The van der Waals surface area contributed by atoms with Crippen LogP contribution in [0.1, 0.15) is 15.9 Å². The van der Waals surface area contributed by atoms with Gasteiger partial charge in [-0.1, -0.05) is 17.7 Å². The number of carbonyl (C=O) groups is 1. The van der Waals surface area contributed by atoms with Gasteiger partial charge in [0.15, 0.2) is 0 Å². The summed E-state index contributed by atoms with van der Waals surface area (Å²) in [4.78, 5) is 12.6. The van der Waals surface area contributed by atoms with Crippen LogP contribution in [0.3, 0.4) is 0 Å². The number of aryl methyl sites for hydroxylation is 1. The largest absolute Gasteiger partial charge is 0.496 e. The summed E-state index contributed by atoms with van der Waals surface area (Å²) in [5.74, 6) is -1.40. The topological polar surface area (TPSA) is 56.1 Å². The molecule has 1 heterocycles. The van der Waals surface area contributed by atoms with Gasteiger partial charge in [0.05, 0.1) is 12.7 Å². The molecular formula is C19H16ClF2N3O2. The molecule has 0 aliphatic rings. The Morgan fingerprint density at radius 3 is 2.74 bits per heavy atom. The molecule has 27 heavy (non-hydrogen) atoms. The minimum Gasteiger partial charge on any atom is -0.496 e. The molecule has 8 heteroatoms. The van der Waals surface area contributed by atoms with Gasteiger partial charge >= 0.3 is 0 Å². The molecule has 0 radical (unpaired) electrons. The van der Waals surface area contributed by atoms with E-state index in [1.165, 1.54) is 24.1 Å². The molecule has 0 saturated carbocycles. The van der Waals surface area contributed by atoms with Gasteiger partial charge in [0.1, 0.15) is 23.1 Å². The van der Waals surface area contributed by atoms with Crippen LogP contribution in [0.15, 0.2) is 42.6 Å². The molecule has 0 bridgehead atoms. The summed E-state index contributed by atoms with van der Waals surface area (Å²) in [5.41, 5.74) is 1.09. The van der Waals surface area contributed by atoms with Crippen LogP contribution in [0.25, 0.3) is 11.3 Å². The molecule has 2 aromatic carbocycles. The number of ether oxygens (including phenoxy) is 1. The SMILES string of the molecule is COc1cc(Cl)ccc1CNC(=O)c1cn(C)nc1-c1ccc(F)cc1F. The molecular weight excluding hydrogens is 376 g/mol. The Morgan fingerprint density at radius 1 is 1.26 bits per heavy atom. The van der Waals surface area contributed by atoms with Gasteiger partial charge in [0, 0.05) is 42.0 Å². The quantitative estimate of drug-likeness (QED) is 0.716. The van der Waals surface area contributed by atoms with Crippen LogP contribution in [-0.2, 0) is 13.6 Å². The average molecular weight is 392 g/mol. The van der Waals surface area contributed by atoms with Gasteiger partial charge in [0.2, 0.25) is 0 Å². The molecule has 3 aromatic rings. The molecule has 140 valence electrons. The van der Waals surface area contributed by atoms with Crippen molar-refractivity contribution in [3.05, 3.63) is 70.4 Å². The normalized spacial score (nSPS) is 10.7. The van der Waals surface area contributed by atoms with Gasteiger partial charge in [-0.3, -0.25) is 9.48 Å². The van der Waals surface area contributed by atoms with Gasteiger partial charge in [-0.05, 0) is 24.3 Å². The van der Waals surface area contributed by atoms with Crippen LogP contribution in [0.4, 0.5) is 8.78 Å². The number of amides is 1. The minimum atomic E-state index is -0.790. The Hall–Kier alpha value is -2.93.